The Morgan fingerprint density at radius 1 is 1.35 bits per heavy atom. The molecule has 0 heterocycles. The van der Waals surface area contributed by atoms with Crippen molar-refractivity contribution >= 4 is 12.0 Å². The molecule has 0 aromatic carbocycles. The quantitative estimate of drug-likeness (QED) is 0.634. The van der Waals surface area contributed by atoms with Gasteiger partial charge in [-0.1, -0.05) is 13.8 Å². The highest BCUT2D eigenvalue weighted by Gasteiger charge is 2.40. The lowest BCUT2D eigenvalue weighted by molar-refractivity contribution is -0.139. The van der Waals surface area contributed by atoms with Crippen LogP contribution in [0.3, 0.4) is 0 Å². The zero-order chi connectivity index (χ0) is 15.2. The molecule has 0 radical (unpaired) electrons. The summed E-state index contributed by atoms with van der Waals surface area (Å²) in [4.78, 5) is 22.7. The van der Waals surface area contributed by atoms with Crippen LogP contribution in [0.2, 0.25) is 0 Å². The maximum Gasteiger partial charge on any atom is 0.315 e. The van der Waals surface area contributed by atoms with Gasteiger partial charge in [0.1, 0.15) is 0 Å². The molecule has 0 atom stereocenters. The first-order chi connectivity index (χ1) is 9.29. The summed E-state index contributed by atoms with van der Waals surface area (Å²) in [5.74, 6) is -0.870. The zero-order valence-electron chi connectivity index (χ0n) is 12.6. The molecule has 0 bridgehead atoms. The van der Waals surface area contributed by atoms with Crippen molar-refractivity contribution in [2.75, 3.05) is 20.3 Å². The van der Waals surface area contributed by atoms with Gasteiger partial charge in [-0.05, 0) is 31.1 Å². The minimum Gasteiger partial charge on any atom is -0.481 e. The molecule has 6 nitrogen and oxygen atoms in total. The van der Waals surface area contributed by atoms with E-state index in [9.17, 15) is 9.59 Å². The monoisotopic (exact) mass is 286 g/mol. The number of carbonyl (C=O) groups excluding carboxylic acids is 1. The number of amides is 2. The van der Waals surface area contributed by atoms with E-state index in [1.165, 1.54) is 0 Å². The van der Waals surface area contributed by atoms with Gasteiger partial charge < -0.3 is 20.5 Å². The number of carboxylic acids is 1. The number of nitrogens with one attached hydrogen (secondary N) is 2. The molecule has 1 fully saturated rings. The predicted molar refractivity (Wildman–Crippen MR) is 75.6 cm³/mol. The lowest BCUT2D eigenvalue weighted by atomic mass is 9.74. The second kappa shape index (κ2) is 6.92. The molecule has 1 saturated carbocycles. The molecule has 0 aromatic rings. The summed E-state index contributed by atoms with van der Waals surface area (Å²) in [7, 11) is 1.66. The normalized spacial score (nSPS) is 17.1. The Morgan fingerprint density at radius 2 is 2.00 bits per heavy atom. The van der Waals surface area contributed by atoms with Crippen LogP contribution in [0.5, 0.6) is 0 Å². The Labute approximate surface area is 120 Å². The Balaban J connectivity index is 2.37. The number of rotatable bonds is 8. The van der Waals surface area contributed by atoms with Crippen LogP contribution in [0.1, 0.15) is 46.0 Å². The van der Waals surface area contributed by atoms with Crippen molar-refractivity contribution in [1.29, 1.82) is 0 Å². The molecule has 1 rings (SSSR count). The van der Waals surface area contributed by atoms with Crippen LogP contribution in [0.15, 0.2) is 0 Å². The van der Waals surface area contributed by atoms with E-state index in [4.69, 9.17) is 9.84 Å². The predicted octanol–water partition coefficient (Wildman–Crippen LogP) is 1.75. The van der Waals surface area contributed by atoms with Crippen molar-refractivity contribution in [3.8, 4) is 0 Å². The minimum atomic E-state index is -0.870. The third-order valence-corrected chi connectivity index (χ3v) is 3.89. The van der Waals surface area contributed by atoms with Gasteiger partial charge in [0.05, 0.1) is 12.0 Å². The van der Waals surface area contributed by atoms with E-state index in [2.05, 4.69) is 24.5 Å². The summed E-state index contributed by atoms with van der Waals surface area (Å²) in [6.07, 6.45) is 3.28. The topological polar surface area (TPSA) is 87.7 Å². The van der Waals surface area contributed by atoms with Crippen LogP contribution in [0.4, 0.5) is 4.79 Å². The number of hydrogen-bond acceptors (Lipinski definition) is 3. The van der Waals surface area contributed by atoms with Gasteiger partial charge in [-0.25, -0.2) is 4.79 Å². The first kappa shape index (κ1) is 16.8. The first-order valence-electron chi connectivity index (χ1n) is 7.05. The molecule has 0 saturated heterocycles. The Morgan fingerprint density at radius 3 is 2.45 bits per heavy atom. The van der Waals surface area contributed by atoms with Crippen molar-refractivity contribution in [2.24, 2.45) is 5.41 Å². The zero-order valence-corrected chi connectivity index (χ0v) is 12.6. The van der Waals surface area contributed by atoms with E-state index in [1.54, 1.807) is 7.11 Å². The van der Waals surface area contributed by atoms with Gasteiger partial charge >= 0.3 is 12.0 Å². The standard InChI is InChI=1S/C14H26N2O4/c1-13(2,7-8-20-3)10-15-12(19)16-14(5-4-6-14)9-11(17)18/h4-10H2,1-3H3,(H,17,18)(H2,15,16,19). The summed E-state index contributed by atoms with van der Waals surface area (Å²) in [5.41, 5.74) is -0.598. The number of aliphatic carboxylic acids is 1. The Kier molecular flexibility index (Phi) is 5.80. The maximum absolute atomic E-state index is 11.9. The van der Waals surface area contributed by atoms with Crippen molar-refractivity contribution in [3.05, 3.63) is 0 Å². The SMILES string of the molecule is COCCC(C)(C)CNC(=O)NC1(CC(=O)O)CCC1. The van der Waals surface area contributed by atoms with Crippen LogP contribution >= 0.6 is 0 Å². The Hall–Kier alpha value is -1.30. The average Bonchev–Trinajstić information content (AvgIpc) is 2.31. The third-order valence-electron chi connectivity index (χ3n) is 3.89. The van der Waals surface area contributed by atoms with Crippen LogP contribution < -0.4 is 10.6 Å². The van der Waals surface area contributed by atoms with Crippen LogP contribution in [-0.2, 0) is 9.53 Å². The number of hydrogen-bond donors (Lipinski definition) is 3. The molecule has 3 N–H and O–H groups in total. The first-order valence-corrected chi connectivity index (χ1v) is 7.05. The summed E-state index contributed by atoms with van der Waals surface area (Å²) < 4.78 is 5.04. The fourth-order valence-electron chi connectivity index (χ4n) is 2.31. The molecular formula is C14H26N2O4. The molecule has 1 aliphatic carbocycles. The smallest absolute Gasteiger partial charge is 0.315 e. The highest BCUT2D eigenvalue weighted by molar-refractivity contribution is 5.77. The number of methoxy groups -OCH3 is 1. The van der Waals surface area contributed by atoms with Gasteiger partial charge in [-0.3, -0.25) is 4.79 Å². The molecule has 1 aliphatic rings. The number of carbonyl (C=O) groups is 2. The highest BCUT2D eigenvalue weighted by atomic mass is 16.5. The van der Waals surface area contributed by atoms with E-state index in [-0.39, 0.29) is 17.9 Å². The van der Waals surface area contributed by atoms with Crippen molar-refractivity contribution in [3.63, 3.8) is 0 Å². The van der Waals surface area contributed by atoms with E-state index >= 15 is 0 Å². The summed E-state index contributed by atoms with van der Waals surface area (Å²) in [5, 5.41) is 14.6. The molecule has 6 heteroatoms. The largest absolute Gasteiger partial charge is 0.481 e. The minimum absolute atomic E-state index is 0.00646. The second-order valence-corrected chi connectivity index (χ2v) is 6.42. The van der Waals surface area contributed by atoms with E-state index < -0.39 is 11.5 Å². The maximum atomic E-state index is 11.9. The number of urea groups is 1. The third kappa shape index (κ3) is 5.36. The van der Waals surface area contributed by atoms with E-state index in [1.807, 2.05) is 0 Å². The van der Waals surface area contributed by atoms with Crippen molar-refractivity contribution < 1.29 is 19.4 Å². The second-order valence-electron chi connectivity index (χ2n) is 6.42. The van der Waals surface area contributed by atoms with Crippen LogP contribution in [-0.4, -0.2) is 42.9 Å². The van der Waals surface area contributed by atoms with Gasteiger partial charge in [0.15, 0.2) is 0 Å². The molecule has 0 unspecified atom stereocenters. The molecule has 0 aromatic heterocycles. The molecule has 0 spiro atoms. The van der Waals surface area contributed by atoms with Crippen molar-refractivity contribution in [1.82, 2.24) is 10.6 Å². The van der Waals surface area contributed by atoms with Crippen LogP contribution in [0.25, 0.3) is 0 Å². The lowest BCUT2D eigenvalue weighted by Gasteiger charge is -2.41. The number of ether oxygens (including phenoxy) is 1. The van der Waals surface area contributed by atoms with Gasteiger partial charge in [-0.15, -0.1) is 0 Å². The summed E-state index contributed by atoms with van der Waals surface area (Å²) in [6.45, 7) is 5.30. The van der Waals surface area contributed by atoms with E-state index in [0.717, 1.165) is 25.7 Å². The Bertz CT molecular complexity index is 351. The molecule has 0 aliphatic heterocycles. The van der Waals surface area contributed by atoms with Gasteiger partial charge in [-0.2, -0.15) is 0 Å². The summed E-state index contributed by atoms with van der Waals surface area (Å²) >= 11 is 0. The average molecular weight is 286 g/mol. The molecule has 20 heavy (non-hydrogen) atoms. The van der Waals surface area contributed by atoms with Gasteiger partial charge in [0, 0.05) is 20.3 Å². The summed E-state index contributed by atoms with van der Waals surface area (Å²) in [6, 6.07) is -0.281. The highest BCUT2D eigenvalue weighted by Crippen LogP contribution is 2.34. The lowest BCUT2D eigenvalue weighted by Crippen LogP contribution is -2.58. The van der Waals surface area contributed by atoms with Gasteiger partial charge in [0.25, 0.3) is 0 Å². The number of carboxylic acid groups (broad SMARTS) is 1. The fraction of sp³-hybridized carbons (Fsp3) is 0.857. The molecule has 116 valence electrons. The van der Waals surface area contributed by atoms with Crippen molar-refractivity contribution in [2.45, 2.75) is 51.5 Å². The fourth-order valence-corrected chi connectivity index (χ4v) is 2.31. The molecule has 2 amide bonds. The van der Waals surface area contributed by atoms with Gasteiger partial charge in [0.2, 0.25) is 0 Å². The van der Waals surface area contributed by atoms with E-state index in [0.29, 0.717) is 13.2 Å². The van der Waals surface area contributed by atoms with Crippen LogP contribution in [0, 0.1) is 5.41 Å². The molecular weight excluding hydrogens is 260 g/mol.